The maximum atomic E-state index is 5.45. The van der Waals surface area contributed by atoms with E-state index in [1.165, 1.54) is 6.42 Å². The van der Waals surface area contributed by atoms with Crippen molar-refractivity contribution in [2.75, 3.05) is 0 Å². The Hall–Kier alpha value is -0.0800. The molecule has 9 heavy (non-hydrogen) atoms. The third-order valence-electron chi connectivity index (χ3n) is 1.49. The van der Waals surface area contributed by atoms with Crippen molar-refractivity contribution in [2.24, 2.45) is 0 Å². The largest absolute Gasteiger partial charge is 0.359 e. The third kappa shape index (κ3) is 1.95. The van der Waals surface area contributed by atoms with Gasteiger partial charge in [-0.1, -0.05) is 6.92 Å². The number of ether oxygens (including phenoxy) is 1. The molecule has 0 aromatic heterocycles. The van der Waals surface area contributed by atoms with Gasteiger partial charge in [-0.2, -0.15) is 0 Å². The zero-order valence-electron chi connectivity index (χ0n) is 6.35. The van der Waals surface area contributed by atoms with Crippen LogP contribution in [0.2, 0.25) is 0 Å². The normalized spacial score (nSPS) is 33.3. The fraction of sp³-hybridized carbons (Fsp3) is 1.00. The average Bonchev–Trinajstić information content (AvgIpc) is 2.45. The predicted molar refractivity (Wildman–Crippen MR) is 37.2 cm³/mol. The Balaban J connectivity index is 2.05. The Kier molecular flexibility index (Phi) is 2.09. The maximum Gasteiger partial charge on any atom is 0.124 e. The third-order valence-corrected chi connectivity index (χ3v) is 1.49. The van der Waals surface area contributed by atoms with Crippen LogP contribution in [0.25, 0.3) is 0 Å². The summed E-state index contributed by atoms with van der Waals surface area (Å²) >= 11 is 0. The molecule has 1 saturated heterocycles. The van der Waals surface area contributed by atoms with E-state index in [1.54, 1.807) is 0 Å². The van der Waals surface area contributed by atoms with Crippen LogP contribution in [-0.4, -0.2) is 18.4 Å². The van der Waals surface area contributed by atoms with Gasteiger partial charge in [0.15, 0.2) is 0 Å². The van der Waals surface area contributed by atoms with E-state index in [0.29, 0.717) is 18.4 Å². The topological polar surface area (TPSA) is 31.2 Å². The summed E-state index contributed by atoms with van der Waals surface area (Å²) in [4.78, 5) is 0. The van der Waals surface area contributed by atoms with Gasteiger partial charge < -0.3 is 4.74 Å². The highest BCUT2D eigenvalue weighted by Gasteiger charge is 2.35. The lowest BCUT2D eigenvalue weighted by Crippen LogP contribution is -2.08. The van der Waals surface area contributed by atoms with Crippen LogP contribution in [0.4, 0.5) is 0 Å². The van der Waals surface area contributed by atoms with Crippen LogP contribution >= 0.6 is 0 Å². The van der Waals surface area contributed by atoms with E-state index in [1.807, 2.05) is 0 Å². The van der Waals surface area contributed by atoms with Gasteiger partial charge in [-0.15, -0.1) is 0 Å². The fourth-order valence-corrected chi connectivity index (χ4v) is 0.915. The summed E-state index contributed by atoms with van der Waals surface area (Å²) < 4.78 is 5.45. The highest BCUT2D eigenvalue weighted by atomic mass is 16.5. The van der Waals surface area contributed by atoms with Crippen molar-refractivity contribution < 1.29 is 4.74 Å². The summed E-state index contributed by atoms with van der Waals surface area (Å²) in [5, 5.41) is 3.23. The van der Waals surface area contributed by atoms with E-state index < -0.39 is 0 Å². The SMILES string of the molecule is CCC1NC1OC(C)C. The molecule has 0 bridgehead atoms. The highest BCUT2D eigenvalue weighted by molar-refractivity contribution is 4.89. The van der Waals surface area contributed by atoms with Crippen LogP contribution < -0.4 is 5.32 Å². The molecule has 0 aromatic carbocycles. The molecule has 1 aliphatic rings. The van der Waals surface area contributed by atoms with Gasteiger partial charge in [-0.25, -0.2) is 0 Å². The van der Waals surface area contributed by atoms with Crippen LogP contribution in [0.3, 0.4) is 0 Å². The zero-order chi connectivity index (χ0) is 6.85. The maximum absolute atomic E-state index is 5.45. The van der Waals surface area contributed by atoms with Gasteiger partial charge in [0, 0.05) is 6.04 Å². The zero-order valence-corrected chi connectivity index (χ0v) is 6.35. The Morgan fingerprint density at radius 2 is 2.22 bits per heavy atom. The number of nitrogens with one attached hydrogen (secondary N) is 1. The number of rotatable bonds is 3. The van der Waals surface area contributed by atoms with Gasteiger partial charge in [0.25, 0.3) is 0 Å². The summed E-state index contributed by atoms with van der Waals surface area (Å²) in [5.41, 5.74) is 0. The lowest BCUT2D eigenvalue weighted by molar-refractivity contribution is 0.0572. The Morgan fingerprint density at radius 3 is 2.56 bits per heavy atom. The smallest absolute Gasteiger partial charge is 0.124 e. The van der Waals surface area contributed by atoms with Gasteiger partial charge in [-0.3, -0.25) is 5.32 Å². The predicted octanol–water partition coefficient (Wildman–Crippen LogP) is 1.12. The molecule has 0 spiro atoms. The van der Waals surface area contributed by atoms with Crippen LogP contribution in [-0.2, 0) is 4.74 Å². The molecule has 0 saturated carbocycles. The summed E-state index contributed by atoms with van der Waals surface area (Å²) in [6.45, 7) is 6.29. The number of hydrogen-bond acceptors (Lipinski definition) is 2. The average molecular weight is 129 g/mol. The summed E-state index contributed by atoms with van der Waals surface area (Å²) in [7, 11) is 0. The second-order valence-electron chi connectivity index (χ2n) is 2.79. The van der Waals surface area contributed by atoms with Crippen molar-refractivity contribution in [2.45, 2.75) is 45.6 Å². The van der Waals surface area contributed by atoms with Crippen LogP contribution in [0.15, 0.2) is 0 Å². The van der Waals surface area contributed by atoms with Crippen molar-refractivity contribution in [1.29, 1.82) is 0 Å². The summed E-state index contributed by atoms with van der Waals surface area (Å²) in [5.74, 6) is 0. The molecule has 0 radical (unpaired) electrons. The molecule has 2 atom stereocenters. The molecule has 54 valence electrons. The first-order chi connectivity index (χ1) is 4.24. The molecule has 1 heterocycles. The van der Waals surface area contributed by atoms with Crippen molar-refractivity contribution in [3.63, 3.8) is 0 Å². The lowest BCUT2D eigenvalue weighted by atomic mass is 10.3. The molecule has 2 heteroatoms. The van der Waals surface area contributed by atoms with E-state index in [4.69, 9.17) is 4.74 Å². The quantitative estimate of drug-likeness (QED) is 0.579. The fourth-order valence-electron chi connectivity index (χ4n) is 0.915. The minimum absolute atomic E-state index is 0.356. The van der Waals surface area contributed by atoms with Gasteiger partial charge in [-0.05, 0) is 20.3 Å². The molecule has 1 aliphatic heterocycles. The second-order valence-corrected chi connectivity index (χ2v) is 2.79. The van der Waals surface area contributed by atoms with Gasteiger partial charge >= 0.3 is 0 Å². The highest BCUT2D eigenvalue weighted by Crippen LogP contribution is 2.16. The standard InChI is InChI=1S/C7H15NO/c1-4-6-7(8-6)9-5(2)3/h5-8H,4H2,1-3H3. The molecule has 2 nitrogen and oxygen atoms in total. The molecule has 1 rings (SSSR count). The molecule has 1 N–H and O–H groups in total. The van der Waals surface area contributed by atoms with E-state index >= 15 is 0 Å². The monoisotopic (exact) mass is 129 g/mol. The van der Waals surface area contributed by atoms with Crippen molar-refractivity contribution >= 4 is 0 Å². The Labute approximate surface area is 56.6 Å². The van der Waals surface area contributed by atoms with E-state index in [2.05, 4.69) is 26.1 Å². The van der Waals surface area contributed by atoms with Gasteiger partial charge in [0.05, 0.1) is 6.10 Å². The lowest BCUT2D eigenvalue weighted by Gasteiger charge is -2.03. The molecule has 0 aliphatic carbocycles. The second kappa shape index (κ2) is 2.67. The summed E-state index contributed by atoms with van der Waals surface area (Å²) in [6.07, 6.45) is 1.89. The first kappa shape index (κ1) is 7.03. The van der Waals surface area contributed by atoms with Crippen LogP contribution in [0, 0.1) is 0 Å². The molecule has 2 unspecified atom stereocenters. The van der Waals surface area contributed by atoms with Crippen LogP contribution in [0.5, 0.6) is 0 Å². The molecule has 1 fully saturated rings. The molecule has 0 aromatic rings. The van der Waals surface area contributed by atoms with Crippen molar-refractivity contribution in [1.82, 2.24) is 5.32 Å². The van der Waals surface area contributed by atoms with E-state index in [0.717, 1.165) is 0 Å². The summed E-state index contributed by atoms with van der Waals surface area (Å²) in [6, 6.07) is 0.632. The minimum atomic E-state index is 0.356. The Bertz CT molecular complexity index is 92.9. The van der Waals surface area contributed by atoms with E-state index in [-0.39, 0.29) is 0 Å². The molecular weight excluding hydrogens is 114 g/mol. The van der Waals surface area contributed by atoms with Gasteiger partial charge in [0.1, 0.15) is 6.23 Å². The van der Waals surface area contributed by atoms with Crippen LogP contribution in [0.1, 0.15) is 27.2 Å². The van der Waals surface area contributed by atoms with Crippen molar-refractivity contribution in [3.05, 3.63) is 0 Å². The van der Waals surface area contributed by atoms with Gasteiger partial charge in [0.2, 0.25) is 0 Å². The minimum Gasteiger partial charge on any atom is -0.359 e. The number of hydrogen-bond donors (Lipinski definition) is 1. The molecule has 0 amide bonds. The Morgan fingerprint density at radius 1 is 1.56 bits per heavy atom. The van der Waals surface area contributed by atoms with E-state index in [9.17, 15) is 0 Å². The first-order valence-corrected chi connectivity index (χ1v) is 3.65. The molecular formula is C7H15NO. The first-order valence-electron chi connectivity index (χ1n) is 3.65. The van der Waals surface area contributed by atoms with Crippen molar-refractivity contribution in [3.8, 4) is 0 Å².